The molecule has 0 aliphatic carbocycles. The Labute approximate surface area is 158 Å². The minimum Gasteiger partial charge on any atom is -0.368 e. The first-order valence-corrected chi connectivity index (χ1v) is 9.84. The molecule has 2 heterocycles. The Hall–Kier alpha value is -2.21. The van der Waals surface area contributed by atoms with Crippen molar-refractivity contribution in [1.29, 1.82) is 0 Å². The second-order valence-corrected chi connectivity index (χ2v) is 8.11. The van der Waals surface area contributed by atoms with Gasteiger partial charge in [-0.25, -0.2) is 4.98 Å². The Morgan fingerprint density at radius 2 is 1.77 bits per heavy atom. The molecule has 1 aromatic heterocycles. The van der Waals surface area contributed by atoms with Crippen LogP contribution in [0.15, 0.2) is 30.5 Å². The van der Waals surface area contributed by atoms with Gasteiger partial charge in [0.05, 0.1) is 6.42 Å². The van der Waals surface area contributed by atoms with E-state index in [0.29, 0.717) is 12.3 Å². The van der Waals surface area contributed by atoms with Crippen LogP contribution in [-0.2, 0) is 11.2 Å². The molecule has 3 rings (SSSR count). The molecule has 138 valence electrons. The fraction of sp³-hybridized carbons (Fsp3) is 0.450. The highest BCUT2D eigenvalue weighted by molar-refractivity contribution is 7.11. The largest absolute Gasteiger partial charge is 0.368 e. The van der Waals surface area contributed by atoms with Crippen LogP contribution in [0.3, 0.4) is 0 Å². The minimum atomic E-state index is 0.0785. The summed E-state index contributed by atoms with van der Waals surface area (Å²) in [7, 11) is 0. The molecule has 0 atom stereocenters. The number of piperazine rings is 1. The Balaban J connectivity index is 1.54. The van der Waals surface area contributed by atoms with E-state index in [4.69, 9.17) is 0 Å². The lowest BCUT2D eigenvalue weighted by Crippen LogP contribution is -2.49. The van der Waals surface area contributed by atoms with Gasteiger partial charge in [-0.3, -0.25) is 9.59 Å². The van der Waals surface area contributed by atoms with Crippen molar-refractivity contribution in [3.8, 4) is 0 Å². The maximum absolute atomic E-state index is 12.5. The third-order valence-corrected chi connectivity index (χ3v) is 6.01. The van der Waals surface area contributed by atoms with Crippen molar-refractivity contribution in [2.75, 3.05) is 31.1 Å². The summed E-state index contributed by atoms with van der Waals surface area (Å²) in [4.78, 5) is 33.7. The molecule has 5 nitrogen and oxygen atoms in total. The normalized spacial score (nSPS) is 14.8. The maximum atomic E-state index is 12.5. The molecule has 1 fully saturated rings. The van der Waals surface area contributed by atoms with Gasteiger partial charge >= 0.3 is 0 Å². The number of ketones is 1. The van der Waals surface area contributed by atoms with Gasteiger partial charge in [0, 0.05) is 48.5 Å². The number of carbonyl (C=O) groups excluding carboxylic acids is 2. The Morgan fingerprint density at radius 1 is 1.12 bits per heavy atom. The van der Waals surface area contributed by atoms with E-state index in [0.717, 1.165) is 42.4 Å². The van der Waals surface area contributed by atoms with Crippen molar-refractivity contribution in [2.45, 2.75) is 33.1 Å². The number of anilines is 1. The van der Waals surface area contributed by atoms with Crippen LogP contribution in [0.25, 0.3) is 0 Å². The van der Waals surface area contributed by atoms with E-state index >= 15 is 0 Å². The van der Waals surface area contributed by atoms with Gasteiger partial charge in [-0.1, -0.05) is 13.8 Å². The lowest BCUT2D eigenvalue weighted by molar-refractivity contribution is -0.130. The molecule has 0 unspecified atom stereocenters. The van der Waals surface area contributed by atoms with Crippen LogP contribution in [0.2, 0.25) is 0 Å². The SMILES string of the molecule is CC(=O)c1ccc(N2CCN(C(=O)Cc3ncc(C(C)C)s3)CC2)cc1. The van der Waals surface area contributed by atoms with Crippen LogP contribution in [-0.4, -0.2) is 47.8 Å². The van der Waals surface area contributed by atoms with Crippen molar-refractivity contribution < 1.29 is 9.59 Å². The summed E-state index contributed by atoms with van der Waals surface area (Å²) in [5.41, 5.74) is 1.83. The monoisotopic (exact) mass is 371 g/mol. The van der Waals surface area contributed by atoms with Crippen LogP contribution >= 0.6 is 11.3 Å². The lowest BCUT2D eigenvalue weighted by Gasteiger charge is -2.36. The van der Waals surface area contributed by atoms with E-state index in [1.54, 1.807) is 18.3 Å². The van der Waals surface area contributed by atoms with Gasteiger partial charge in [0.25, 0.3) is 0 Å². The molecule has 0 spiro atoms. The molecule has 1 aliphatic heterocycles. The zero-order valence-corrected chi connectivity index (χ0v) is 16.4. The van der Waals surface area contributed by atoms with Crippen LogP contribution in [0.4, 0.5) is 5.69 Å². The first-order chi connectivity index (χ1) is 12.4. The molecule has 0 saturated carbocycles. The number of Topliss-reactive ketones (excluding diaryl/α,β-unsaturated/α-hetero) is 1. The molecule has 26 heavy (non-hydrogen) atoms. The molecule has 1 aliphatic rings. The standard InChI is InChI=1S/C20H25N3O2S/c1-14(2)18-13-21-19(26-18)12-20(25)23-10-8-22(9-11-23)17-6-4-16(5-7-17)15(3)24/h4-7,13-14H,8-12H2,1-3H3. The van der Waals surface area contributed by atoms with Gasteiger partial charge in [-0.05, 0) is 37.1 Å². The number of aromatic nitrogens is 1. The summed E-state index contributed by atoms with van der Waals surface area (Å²) >= 11 is 1.64. The number of rotatable bonds is 5. The highest BCUT2D eigenvalue weighted by Crippen LogP contribution is 2.23. The van der Waals surface area contributed by atoms with Gasteiger partial charge in [0.1, 0.15) is 5.01 Å². The van der Waals surface area contributed by atoms with E-state index < -0.39 is 0 Å². The Bertz CT molecular complexity index is 775. The summed E-state index contributed by atoms with van der Waals surface area (Å²) in [5.74, 6) is 0.685. The molecular formula is C20H25N3O2S. The third-order valence-electron chi connectivity index (χ3n) is 4.71. The zero-order chi connectivity index (χ0) is 18.7. The number of nitrogens with zero attached hydrogens (tertiary/aromatic N) is 3. The maximum Gasteiger partial charge on any atom is 0.229 e. The van der Waals surface area contributed by atoms with E-state index in [2.05, 4.69) is 23.7 Å². The number of thiazole rings is 1. The highest BCUT2D eigenvalue weighted by Gasteiger charge is 2.22. The topological polar surface area (TPSA) is 53.5 Å². The summed E-state index contributed by atoms with van der Waals surface area (Å²) in [6.07, 6.45) is 2.28. The van der Waals surface area contributed by atoms with Crippen LogP contribution in [0.1, 0.15) is 46.9 Å². The fourth-order valence-electron chi connectivity index (χ4n) is 3.04. The molecule has 1 saturated heterocycles. The smallest absolute Gasteiger partial charge is 0.229 e. The number of carbonyl (C=O) groups is 2. The summed E-state index contributed by atoms with van der Waals surface area (Å²) in [5, 5.41) is 0.904. The van der Waals surface area contributed by atoms with E-state index in [1.165, 1.54) is 4.88 Å². The van der Waals surface area contributed by atoms with E-state index in [9.17, 15) is 9.59 Å². The molecule has 0 bridgehead atoms. The first kappa shape index (κ1) is 18.6. The third kappa shape index (κ3) is 4.30. The average Bonchev–Trinajstić information content (AvgIpc) is 3.11. The minimum absolute atomic E-state index is 0.0785. The summed E-state index contributed by atoms with van der Waals surface area (Å²) in [6, 6.07) is 7.70. The molecule has 0 radical (unpaired) electrons. The van der Waals surface area contributed by atoms with Gasteiger partial charge < -0.3 is 9.80 Å². The lowest BCUT2D eigenvalue weighted by atomic mass is 10.1. The van der Waals surface area contributed by atoms with Gasteiger partial charge in [-0.15, -0.1) is 11.3 Å². The van der Waals surface area contributed by atoms with E-state index in [1.807, 2.05) is 35.4 Å². The van der Waals surface area contributed by atoms with Gasteiger partial charge in [-0.2, -0.15) is 0 Å². The van der Waals surface area contributed by atoms with Crippen LogP contribution < -0.4 is 4.90 Å². The first-order valence-electron chi connectivity index (χ1n) is 9.02. The van der Waals surface area contributed by atoms with Gasteiger partial charge in [0.15, 0.2) is 5.78 Å². The van der Waals surface area contributed by atoms with Crippen molar-refractivity contribution in [2.24, 2.45) is 0 Å². The van der Waals surface area contributed by atoms with Crippen molar-refractivity contribution >= 4 is 28.7 Å². The van der Waals surface area contributed by atoms with Gasteiger partial charge in [0.2, 0.25) is 5.91 Å². The number of amides is 1. The molecule has 0 N–H and O–H groups in total. The molecule has 1 amide bonds. The predicted octanol–water partition coefficient (Wildman–Crippen LogP) is 3.36. The predicted molar refractivity (Wildman–Crippen MR) is 105 cm³/mol. The number of benzene rings is 1. The van der Waals surface area contributed by atoms with Crippen molar-refractivity contribution in [3.05, 3.63) is 45.9 Å². The van der Waals surface area contributed by atoms with E-state index in [-0.39, 0.29) is 11.7 Å². The number of hydrogen-bond acceptors (Lipinski definition) is 5. The highest BCUT2D eigenvalue weighted by atomic mass is 32.1. The summed E-state index contributed by atoms with van der Waals surface area (Å²) < 4.78 is 0. The van der Waals surface area contributed by atoms with Crippen molar-refractivity contribution in [1.82, 2.24) is 9.88 Å². The Kier molecular flexibility index (Phi) is 5.71. The van der Waals surface area contributed by atoms with Crippen LogP contribution in [0.5, 0.6) is 0 Å². The van der Waals surface area contributed by atoms with Crippen molar-refractivity contribution in [3.63, 3.8) is 0 Å². The van der Waals surface area contributed by atoms with Crippen LogP contribution in [0, 0.1) is 0 Å². The quantitative estimate of drug-likeness (QED) is 0.756. The molecule has 6 heteroatoms. The fourth-order valence-corrected chi connectivity index (χ4v) is 3.95. The second kappa shape index (κ2) is 7.99. The Morgan fingerprint density at radius 3 is 2.31 bits per heavy atom. The average molecular weight is 372 g/mol. The zero-order valence-electron chi connectivity index (χ0n) is 15.6. The molecule has 2 aromatic rings. The molecule has 1 aromatic carbocycles. The molecular weight excluding hydrogens is 346 g/mol. The number of hydrogen-bond donors (Lipinski definition) is 0. The summed E-state index contributed by atoms with van der Waals surface area (Å²) in [6.45, 7) is 8.90. The second-order valence-electron chi connectivity index (χ2n) is 6.96.